The SMILES string of the molecule is Cc1cc(S(=O)(=O)NCCN(C(C)C)C(C)C)ccc1F. The fourth-order valence-electron chi connectivity index (χ4n) is 2.29. The summed E-state index contributed by atoms with van der Waals surface area (Å²) in [6, 6.07) is 4.51. The summed E-state index contributed by atoms with van der Waals surface area (Å²) in [6.07, 6.45) is 0. The lowest BCUT2D eigenvalue weighted by atomic mass is 10.2. The summed E-state index contributed by atoms with van der Waals surface area (Å²) in [4.78, 5) is 2.31. The standard InChI is InChI=1S/C15H25FN2O2S/c1-11(2)18(12(3)4)9-8-17-21(19,20)14-6-7-15(16)13(5)10-14/h6-7,10-12,17H,8-9H2,1-5H3. The Morgan fingerprint density at radius 3 is 2.24 bits per heavy atom. The largest absolute Gasteiger partial charge is 0.297 e. The number of halogens is 1. The maximum absolute atomic E-state index is 13.2. The van der Waals surface area contributed by atoms with E-state index >= 15 is 0 Å². The van der Waals surface area contributed by atoms with Crippen molar-refractivity contribution < 1.29 is 12.8 Å². The number of hydrogen-bond acceptors (Lipinski definition) is 3. The van der Waals surface area contributed by atoms with Crippen LogP contribution in [0.15, 0.2) is 23.1 Å². The predicted octanol–water partition coefficient (Wildman–Crippen LogP) is 2.53. The molecule has 1 rings (SSSR count). The Morgan fingerprint density at radius 2 is 1.76 bits per heavy atom. The monoisotopic (exact) mass is 316 g/mol. The summed E-state index contributed by atoms with van der Waals surface area (Å²) in [5.41, 5.74) is 0.323. The third-order valence-corrected chi connectivity index (χ3v) is 4.89. The van der Waals surface area contributed by atoms with Crippen LogP contribution in [0.3, 0.4) is 0 Å². The highest BCUT2D eigenvalue weighted by atomic mass is 32.2. The fourth-order valence-corrected chi connectivity index (χ4v) is 3.40. The van der Waals surface area contributed by atoms with Crippen LogP contribution in [-0.2, 0) is 10.0 Å². The van der Waals surface area contributed by atoms with Crippen LogP contribution in [0.2, 0.25) is 0 Å². The number of rotatable bonds is 7. The maximum Gasteiger partial charge on any atom is 0.240 e. The number of nitrogens with one attached hydrogen (secondary N) is 1. The second-order valence-corrected chi connectivity index (χ2v) is 7.50. The molecule has 0 aromatic heterocycles. The smallest absolute Gasteiger partial charge is 0.240 e. The molecule has 4 nitrogen and oxygen atoms in total. The van der Waals surface area contributed by atoms with Gasteiger partial charge in [0.1, 0.15) is 5.82 Å². The second kappa shape index (κ2) is 7.33. The van der Waals surface area contributed by atoms with E-state index in [0.717, 1.165) is 0 Å². The van der Waals surface area contributed by atoms with Crippen LogP contribution in [0.4, 0.5) is 4.39 Å². The zero-order chi connectivity index (χ0) is 16.2. The molecule has 1 aromatic carbocycles. The van der Waals surface area contributed by atoms with E-state index in [9.17, 15) is 12.8 Å². The molecular formula is C15H25FN2O2S. The van der Waals surface area contributed by atoms with Gasteiger partial charge in [0.2, 0.25) is 10.0 Å². The molecule has 0 saturated heterocycles. The van der Waals surface area contributed by atoms with Crippen molar-refractivity contribution in [2.24, 2.45) is 0 Å². The van der Waals surface area contributed by atoms with E-state index in [-0.39, 0.29) is 4.90 Å². The van der Waals surface area contributed by atoms with Gasteiger partial charge in [-0.05, 0) is 58.4 Å². The number of nitrogens with zero attached hydrogens (tertiary/aromatic N) is 1. The van der Waals surface area contributed by atoms with Crippen LogP contribution >= 0.6 is 0 Å². The van der Waals surface area contributed by atoms with E-state index in [0.29, 0.717) is 30.7 Å². The molecule has 0 heterocycles. The van der Waals surface area contributed by atoms with Crippen molar-refractivity contribution in [1.82, 2.24) is 9.62 Å². The summed E-state index contributed by atoms with van der Waals surface area (Å²) in [6.45, 7) is 10.8. The number of hydrogen-bond donors (Lipinski definition) is 1. The molecule has 0 aliphatic carbocycles. The number of benzene rings is 1. The molecule has 1 N–H and O–H groups in total. The highest BCUT2D eigenvalue weighted by Gasteiger charge is 2.17. The van der Waals surface area contributed by atoms with E-state index in [2.05, 4.69) is 37.3 Å². The normalized spacial score (nSPS) is 12.6. The lowest BCUT2D eigenvalue weighted by molar-refractivity contribution is 0.179. The lowest BCUT2D eigenvalue weighted by Gasteiger charge is -2.30. The summed E-state index contributed by atoms with van der Waals surface area (Å²) < 4.78 is 40.1. The van der Waals surface area contributed by atoms with Gasteiger partial charge in [-0.25, -0.2) is 17.5 Å². The molecule has 120 valence electrons. The summed E-state index contributed by atoms with van der Waals surface area (Å²) >= 11 is 0. The first-order valence-electron chi connectivity index (χ1n) is 7.16. The van der Waals surface area contributed by atoms with Gasteiger partial charge in [-0.1, -0.05) is 0 Å². The van der Waals surface area contributed by atoms with Crippen molar-refractivity contribution in [2.45, 2.75) is 51.6 Å². The van der Waals surface area contributed by atoms with Crippen LogP contribution in [0.5, 0.6) is 0 Å². The Bertz CT molecular complexity index is 563. The van der Waals surface area contributed by atoms with Crippen molar-refractivity contribution in [1.29, 1.82) is 0 Å². The zero-order valence-corrected chi connectivity index (χ0v) is 14.2. The Hall–Kier alpha value is -0.980. The van der Waals surface area contributed by atoms with Crippen LogP contribution in [0.1, 0.15) is 33.3 Å². The molecule has 0 atom stereocenters. The first-order chi connectivity index (χ1) is 9.65. The van der Waals surface area contributed by atoms with Crippen molar-refractivity contribution in [3.05, 3.63) is 29.6 Å². The Labute approximate surface area is 127 Å². The average molecular weight is 316 g/mol. The van der Waals surface area contributed by atoms with Crippen LogP contribution in [0.25, 0.3) is 0 Å². The van der Waals surface area contributed by atoms with Crippen molar-refractivity contribution in [2.75, 3.05) is 13.1 Å². The van der Waals surface area contributed by atoms with E-state index in [1.165, 1.54) is 18.2 Å². The molecule has 0 aliphatic heterocycles. The third-order valence-electron chi connectivity index (χ3n) is 3.43. The number of sulfonamides is 1. The summed E-state index contributed by atoms with van der Waals surface area (Å²) in [5, 5.41) is 0. The van der Waals surface area contributed by atoms with Gasteiger partial charge >= 0.3 is 0 Å². The van der Waals surface area contributed by atoms with Gasteiger partial charge in [-0.2, -0.15) is 0 Å². The van der Waals surface area contributed by atoms with E-state index in [1.54, 1.807) is 6.92 Å². The molecule has 0 fully saturated rings. The predicted molar refractivity (Wildman–Crippen MR) is 83.3 cm³/mol. The quantitative estimate of drug-likeness (QED) is 0.841. The van der Waals surface area contributed by atoms with Gasteiger partial charge in [0.25, 0.3) is 0 Å². The first kappa shape index (κ1) is 18.1. The van der Waals surface area contributed by atoms with Gasteiger partial charge in [-0.15, -0.1) is 0 Å². The summed E-state index contributed by atoms with van der Waals surface area (Å²) in [5.74, 6) is -0.403. The topological polar surface area (TPSA) is 49.4 Å². The third kappa shape index (κ3) is 5.05. The highest BCUT2D eigenvalue weighted by molar-refractivity contribution is 7.89. The molecule has 0 unspecified atom stereocenters. The zero-order valence-electron chi connectivity index (χ0n) is 13.4. The van der Waals surface area contributed by atoms with Crippen molar-refractivity contribution in [3.8, 4) is 0 Å². The van der Waals surface area contributed by atoms with Crippen LogP contribution < -0.4 is 4.72 Å². The Morgan fingerprint density at radius 1 is 1.19 bits per heavy atom. The van der Waals surface area contributed by atoms with Gasteiger partial charge < -0.3 is 0 Å². The van der Waals surface area contributed by atoms with Gasteiger partial charge in [0.05, 0.1) is 4.90 Å². The summed E-state index contributed by atoms with van der Waals surface area (Å²) in [7, 11) is -3.59. The van der Waals surface area contributed by atoms with E-state index in [4.69, 9.17) is 0 Å². The molecule has 0 spiro atoms. The van der Waals surface area contributed by atoms with Gasteiger partial charge in [-0.3, -0.25) is 4.90 Å². The maximum atomic E-state index is 13.2. The van der Waals surface area contributed by atoms with Crippen LogP contribution in [0, 0.1) is 12.7 Å². The minimum absolute atomic E-state index is 0.0991. The van der Waals surface area contributed by atoms with E-state index in [1.807, 2.05) is 0 Å². The van der Waals surface area contributed by atoms with Crippen molar-refractivity contribution in [3.63, 3.8) is 0 Å². The van der Waals surface area contributed by atoms with Crippen molar-refractivity contribution >= 4 is 10.0 Å². The minimum Gasteiger partial charge on any atom is -0.297 e. The molecule has 0 saturated carbocycles. The van der Waals surface area contributed by atoms with Gasteiger partial charge in [0.15, 0.2) is 0 Å². The molecule has 0 bridgehead atoms. The fraction of sp³-hybridized carbons (Fsp3) is 0.600. The minimum atomic E-state index is -3.59. The Kier molecular flexibility index (Phi) is 6.31. The first-order valence-corrected chi connectivity index (χ1v) is 8.65. The molecule has 0 amide bonds. The molecule has 0 radical (unpaired) electrons. The van der Waals surface area contributed by atoms with E-state index < -0.39 is 15.8 Å². The molecule has 21 heavy (non-hydrogen) atoms. The molecular weight excluding hydrogens is 291 g/mol. The Balaban J connectivity index is 2.71. The number of aryl methyl sites for hydroxylation is 1. The molecule has 6 heteroatoms. The highest BCUT2D eigenvalue weighted by Crippen LogP contribution is 2.14. The molecule has 0 aliphatic rings. The molecule has 1 aromatic rings. The average Bonchev–Trinajstić information content (AvgIpc) is 2.36. The van der Waals surface area contributed by atoms with Gasteiger partial charge in [0, 0.05) is 25.2 Å². The lowest BCUT2D eigenvalue weighted by Crippen LogP contribution is -2.42. The second-order valence-electron chi connectivity index (χ2n) is 5.73. The van der Waals surface area contributed by atoms with Crippen LogP contribution in [-0.4, -0.2) is 38.5 Å².